The Bertz CT molecular complexity index is 3250. The van der Waals surface area contributed by atoms with E-state index in [1.807, 2.05) is 23.5 Å². The van der Waals surface area contributed by atoms with Crippen LogP contribution in [0.3, 0.4) is 0 Å². The molecule has 0 amide bonds. The summed E-state index contributed by atoms with van der Waals surface area (Å²) >= 11 is 1.85. The maximum Gasteiger partial charge on any atom is 0.0973 e. The fourth-order valence-electron chi connectivity index (χ4n) is 8.19. The molecule has 2 heterocycles. The molecule has 0 fully saturated rings. The highest BCUT2D eigenvalue weighted by atomic mass is 32.1. The van der Waals surface area contributed by atoms with Gasteiger partial charge in [0.1, 0.15) is 0 Å². The molecule has 0 saturated heterocycles. The van der Waals surface area contributed by atoms with Gasteiger partial charge in [-0.25, -0.2) is 9.97 Å². The van der Waals surface area contributed by atoms with E-state index >= 15 is 0 Å². The number of thiophene rings is 1. The van der Waals surface area contributed by atoms with Gasteiger partial charge in [-0.05, 0) is 76.5 Å². The number of fused-ring (bicyclic) bond motifs is 7. The molecule has 11 aromatic rings. The van der Waals surface area contributed by atoms with Crippen molar-refractivity contribution in [1.82, 2.24) is 9.97 Å². The molecule has 56 heavy (non-hydrogen) atoms. The van der Waals surface area contributed by atoms with Gasteiger partial charge < -0.3 is 4.90 Å². The lowest BCUT2D eigenvalue weighted by atomic mass is 9.94. The molecule has 0 saturated carbocycles. The van der Waals surface area contributed by atoms with E-state index in [-0.39, 0.29) is 0 Å². The summed E-state index contributed by atoms with van der Waals surface area (Å²) in [5, 5.41) is 7.16. The number of nitrogens with zero attached hydrogens (tertiary/aromatic N) is 3. The predicted molar refractivity (Wildman–Crippen MR) is 238 cm³/mol. The lowest BCUT2D eigenvalue weighted by Gasteiger charge is -2.27. The number of hydrogen-bond donors (Lipinski definition) is 0. The number of aromatic nitrogens is 2. The Hall–Kier alpha value is -7.14. The maximum atomic E-state index is 5.42. The predicted octanol–water partition coefficient (Wildman–Crippen LogP) is 14.8. The van der Waals surface area contributed by atoms with E-state index in [0.29, 0.717) is 0 Å². The number of rotatable bonds is 6. The van der Waals surface area contributed by atoms with Gasteiger partial charge in [-0.1, -0.05) is 146 Å². The Morgan fingerprint density at radius 3 is 1.77 bits per heavy atom. The summed E-state index contributed by atoms with van der Waals surface area (Å²) in [5.41, 5.74) is 11.3. The van der Waals surface area contributed by atoms with E-state index in [2.05, 4.69) is 193 Å². The van der Waals surface area contributed by atoms with Crippen molar-refractivity contribution in [3.05, 3.63) is 200 Å². The van der Waals surface area contributed by atoms with Crippen LogP contribution in [0.15, 0.2) is 200 Å². The first-order valence-electron chi connectivity index (χ1n) is 18.9. The molecule has 0 atom stereocenters. The Kier molecular flexibility index (Phi) is 7.68. The van der Waals surface area contributed by atoms with Gasteiger partial charge in [0.2, 0.25) is 0 Å². The first kappa shape index (κ1) is 32.3. The molecule has 262 valence electrons. The topological polar surface area (TPSA) is 29.0 Å². The van der Waals surface area contributed by atoms with Crippen molar-refractivity contribution in [2.24, 2.45) is 0 Å². The summed E-state index contributed by atoms with van der Waals surface area (Å²) in [6.07, 6.45) is 0. The molecule has 0 radical (unpaired) electrons. The molecule has 3 nitrogen and oxygen atoms in total. The largest absolute Gasteiger partial charge is 0.310 e. The van der Waals surface area contributed by atoms with Gasteiger partial charge in [0, 0.05) is 53.4 Å². The van der Waals surface area contributed by atoms with Crippen molar-refractivity contribution >= 4 is 81.1 Å². The molecule has 9 aromatic carbocycles. The van der Waals surface area contributed by atoms with Crippen LogP contribution in [0.4, 0.5) is 17.1 Å². The van der Waals surface area contributed by atoms with Crippen molar-refractivity contribution < 1.29 is 0 Å². The normalized spacial score (nSPS) is 11.6. The Balaban J connectivity index is 1.10. The molecule has 0 aliphatic heterocycles. The number of hydrogen-bond acceptors (Lipinski definition) is 4. The minimum Gasteiger partial charge on any atom is -0.310 e. The van der Waals surface area contributed by atoms with Gasteiger partial charge in [-0.3, -0.25) is 0 Å². The molecule has 0 aliphatic rings. The number of para-hydroxylation sites is 1. The zero-order valence-electron chi connectivity index (χ0n) is 30.3. The average molecular weight is 732 g/mol. The Morgan fingerprint density at radius 1 is 0.375 bits per heavy atom. The highest BCUT2D eigenvalue weighted by Crippen LogP contribution is 2.45. The molecule has 0 aliphatic carbocycles. The van der Waals surface area contributed by atoms with E-state index in [1.165, 1.54) is 36.5 Å². The third-order valence-corrected chi connectivity index (χ3v) is 12.0. The molecule has 4 heteroatoms. The molecule has 0 bridgehead atoms. The molecule has 2 aromatic heterocycles. The minimum absolute atomic E-state index is 0.877. The fourth-order valence-corrected chi connectivity index (χ4v) is 9.27. The van der Waals surface area contributed by atoms with Crippen LogP contribution in [-0.4, -0.2) is 9.97 Å². The van der Waals surface area contributed by atoms with E-state index in [9.17, 15) is 0 Å². The highest BCUT2D eigenvalue weighted by Gasteiger charge is 2.20. The van der Waals surface area contributed by atoms with Crippen molar-refractivity contribution in [2.75, 3.05) is 4.90 Å². The van der Waals surface area contributed by atoms with Crippen LogP contribution >= 0.6 is 11.3 Å². The van der Waals surface area contributed by atoms with Crippen LogP contribution in [0.25, 0.3) is 86.4 Å². The summed E-state index contributed by atoms with van der Waals surface area (Å²) in [5.74, 6) is 0. The SMILES string of the molecule is c1ccc(-c2nc3ccc4ccc(-c5ccc(N(c6ccccc6)c6ccc7sc8ccccc8c7c6)c6ccccc56)cc4c3nc2-c2ccccc2)cc1. The summed E-state index contributed by atoms with van der Waals surface area (Å²) in [6.45, 7) is 0. The van der Waals surface area contributed by atoms with Crippen LogP contribution in [0.2, 0.25) is 0 Å². The van der Waals surface area contributed by atoms with Crippen molar-refractivity contribution in [3.8, 4) is 33.6 Å². The standard InChI is InChI=1S/C52H33N3S/c1-4-14-35(15-5-1)50-51(36-16-6-2-7-17-36)54-52-44-32-37(25-24-34(44)26-29-46(52)53-50)40-28-30-47(42-21-11-10-20-41(40)42)55(38-18-8-3-9-19-38)39-27-31-49-45(33-39)43-22-12-13-23-48(43)56-49/h1-33H. The van der Waals surface area contributed by atoms with Crippen LogP contribution in [0.5, 0.6) is 0 Å². The van der Waals surface area contributed by atoms with E-state index < -0.39 is 0 Å². The van der Waals surface area contributed by atoms with E-state index in [0.717, 1.165) is 66.9 Å². The summed E-state index contributed by atoms with van der Waals surface area (Å²) in [7, 11) is 0. The number of anilines is 3. The number of benzene rings is 9. The van der Waals surface area contributed by atoms with Gasteiger partial charge in [0.25, 0.3) is 0 Å². The third kappa shape index (κ3) is 5.42. The summed E-state index contributed by atoms with van der Waals surface area (Å²) in [4.78, 5) is 13.1. The highest BCUT2D eigenvalue weighted by molar-refractivity contribution is 7.25. The fraction of sp³-hybridized carbons (Fsp3) is 0. The van der Waals surface area contributed by atoms with Gasteiger partial charge in [0.05, 0.1) is 28.1 Å². The van der Waals surface area contributed by atoms with Crippen molar-refractivity contribution in [1.29, 1.82) is 0 Å². The molecular weight excluding hydrogens is 699 g/mol. The second-order valence-electron chi connectivity index (χ2n) is 14.1. The van der Waals surface area contributed by atoms with E-state index in [1.54, 1.807) is 0 Å². The lowest BCUT2D eigenvalue weighted by Crippen LogP contribution is -2.10. The quantitative estimate of drug-likeness (QED) is 0.159. The van der Waals surface area contributed by atoms with Crippen LogP contribution in [-0.2, 0) is 0 Å². The Labute approximate surface area is 328 Å². The van der Waals surface area contributed by atoms with Crippen molar-refractivity contribution in [2.45, 2.75) is 0 Å². The monoisotopic (exact) mass is 731 g/mol. The molecule has 0 spiro atoms. The molecule has 0 N–H and O–H groups in total. The van der Waals surface area contributed by atoms with Crippen LogP contribution < -0.4 is 4.90 Å². The van der Waals surface area contributed by atoms with Gasteiger partial charge in [0.15, 0.2) is 0 Å². The average Bonchev–Trinajstić information content (AvgIpc) is 3.65. The second kappa shape index (κ2) is 13.3. The smallest absolute Gasteiger partial charge is 0.0973 e. The summed E-state index contributed by atoms with van der Waals surface area (Å²) < 4.78 is 2.60. The van der Waals surface area contributed by atoms with Gasteiger partial charge in [-0.15, -0.1) is 11.3 Å². The first-order chi connectivity index (χ1) is 27.8. The van der Waals surface area contributed by atoms with Gasteiger partial charge in [-0.2, -0.15) is 0 Å². The molecule has 0 unspecified atom stereocenters. The van der Waals surface area contributed by atoms with Crippen molar-refractivity contribution in [3.63, 3.8) is 0 Å². The zero-order valence-corrected chi connectivity index (χ0v) is 31.1. The third-order valence-electron chi connectivity index (χ3n) is 10.8. The Morgan fingerprint density at radius 2 is 1.00 bits per heavy atom. The van der Waals surface area contributed by atoms with Crippen LogP contribution in [0, 0.1) is 0 Å². The summed E-state index contributed by atoms with van der Waals surface area (Å²) in [6, 6.07) is 71.5. The van der Waals surface area contributed by atoms with Gasteiger partial charge >= 0.3 is 0 Å². The lowest BCUT2D eigenvalue weighted by molar-refractivity contribution is 1.30. The molecule has 11 rings (SSSR count). The second-order valence-corrected chi connectivity index (χ2v) is 15.2. The zero-order chi connectivity index (χ0) is 37.0. The minimum atomic E-state index is 0.877. The maximum absolute atomic E-state index is 5.42. The van der Waals surface area contributed by atoms with Crippen LogP contribution in [0.1, 0.15) is 0 Å². The first-order valence-corrected chi connectivity index (χ1v) is 19.7. The molecular formula is C52H33N3S. The van der Waals surface area contributed by atoms with E-state index in [4.69, 9.17) is 9.97 Å².